The van der Waals surface area contributed by atoms with Gasteiger partial charge in [-0.3, -0.25) is 9.59 Å². The molecule has 7 nitrogen and oxygen atoms in total. The van der Waals surface area contributed by atoms with Gasteiger partial charge in [-0.1, -0.05) is 13.0 Å². The van der Waals surface area contributed by atoms with Crippen LogP contribution in [0.3, 0.4) is 0 Å². The van der Waals surface area contributed by atoms with Crippen LogP contribution in [0.25, 0.3) is 0 Å². The second-order valence-corrected chi connectivity index (χ2v) is 8.59. The molecule has 1 aromatic rings. The lowest BCUT2D eigenvalue weighted by Crippen LogP contribution is -2.48. The van der Waals surface area contributed by atoms with E-state index in [-0.39, 0.29) is 18.4 Å². The molecule has 2 rings (SSSR count). The summed E-state index contributed by atoms with van der Waals surface area (Å²) in [6, 6.07) is 3.30. The molecule has 0 bridgehead atoms. The normalized spacial score (nSPS) is 17.8. The average molecular weight is 435 g/mol. The molecule has 1 fully saturated rings. The van der Waals surface area contributed by atoms with Gasteiger partial charge in [0.1, 0.15) is 0 Å². The van der Waals surface area contributed by atoms with Crippen molar-refractivity contribution in [3.63, 3.8) is 0 Å². The number of halogens is 3. The van der Waals surface area contributed by atoms with Crippen molar-refractivity contribution in [1.29, 1.82) is 0 Å². The van der Waals surface area contributed by atoms with E-state index in [1.54, 1.807) is 0 Å². The molecule has 162 valence electrons. The number of rotatable bonds is 7. The Bertz CT molecular complexity index is 843. The largest absolute Gasteiger partial charge is 0.416 e. The molecule has 1 aliphatic rings. The molecule has 1 aromatic carbocycles. The van der Waals surface area contributed by atoms with Crippen molar-refractivity contribution < 1.29 is 31.2 Å². The van der Waals surface area contributed by atoms with Gasteiger partial charge in [0.15, 0.2) is 0 Å². The van der Waals surface area contributed by atoms with E-state index in [4.69, 9.17) is 0 Å². The van der Waals surface area contributed by atoms with Crippen LogP contribution in [0.1, 0.15) is 31.7 Å². The molecule has 0 aromatic heterocycles. The van der Waals surface area contributed by atoms with Gasteiger partial charge in [0.05, 0.1) is 22.9 Å². The Kier molecular flexibility index (Phi) is 7.64. The highest BCUT2D eigenvalue weighted by molar-refractivity contribution is 7.89. The fourth-order valence-electron chi connectivity index (χ4n) is 3.00. The molecule has 2 N–H and O–H groups in total. The first-order valence-corrected chi connectivity index (χ1v) is 10.8. The van der Waals surface area contributed by atoms with Crippen molar-refractivity contribution in [3.05, 3.63) is 29.8 Å². The number of nitrogens with zero attached hydrogens (tertiary/aromatic N) is 1. The molecule has 0 aliphatic carbocycles. The molecule has 1 aliphatic heterocycles. The zero-order chi connectivity index (χ0) is 21.7. The van der Waals surface area contributed by atoms with Crippen LogP contribution in [0.4, 0.5) is 13.2 Å². The van der Waals surface area contributed by atoms with Crippen LogP contribution in [0.5, 0.6) is 0 Å². The minimum absolute atomic E-state index is 0.145. The summed E-state index contributed by atoms with van der Waals surface area (Å²) < 4.78 is 64.9. The number of carbonyl (C=O) groups excluding carboxylic acids is 2. The number of carbonyl (C=O) groups is 2. The SMILES string of the molecule is CCCNC(=O)C1CCCN(C(=O)CNS(=O)(=O)c2cccc(C(F)(F)F)c2)C1. The molecular formula is C18H24F3N3O4S. The highest BCUT2D eigenvalue weighted by atomic mass is 32.2. The molecular weight excluding hydrogens is 411 g/mol. The number of nitrogens with one attached hydrogen (secondary N) is 2. The molecule has 11 heteroatoms. The minimum Gasteiger partial charge on any atom is -0.356 e. The van der Waals surface area contributed by atoms with E-state index >= 15 is 0 Å². The molecule has 1 unspecified atom stereocenters. The molecule has 29 heavy (non-hydrogen) atoms. The summed E-state index contributed by atoms with van der Waals surface area (Å²) >= 11 is 0. The van der Waals surface area contributed by atoms with E-state index in [9.17, 15) is 31.2 Å². The summed E-state index contributed by atoms with van der Waals surface area (Å²) in [6.07, 6.45) is -2.65. The van der Waals surface area contributed by atoms with Crippen molar-refractivity contribution in [2.45, 2.75) is 37.3 Å². The maximum Gasteiger partial charge on any atom is 0.416 e. The molecule has 1 atom stereocenters. The number of hydrogen-bond donors (Lipinski definition) is 2. The Morgan fingerprint density at radius 1 is 1.28 bits per heavy atom. The lowest BCUT2D eigenvalue weighted by molar-refractivity contribution is -0.138. The first-order valence-electron chi connectivity index (χ1n) is 9.27. The maximum absolute atomic E-state index is 12.8. The lowest BCUT2D eigenvalue weighted by atomic mass is 9.97. The van der Waals surface area contributed by atoms with Gasteiger partial charge in [-0.15, -0.1) is 0 Å². The predicted molar refractivity (Wildman–Crippen MR) is 99.2 cm³/mol. The Balaban J connectivity index is 1.98. The third-order valence-corrected chi connectivity index (χ3v) is 5.98. The fraction of sp³-hybridized carbons (Fsp3) is 0.556. The van der Waals surface area contributed by atoms with Crippen molar-refractivity contribution in [1.82, 2.24) is 14.9 Å². The van der Waals surface area contributed by atoms with Gasteiger partial charge in [0.2, 0.25) is 21.8 Å². The highest BCUT2D eigenvalue weighted by Crippen LogP contribution is 2.30. The number of piperidine rings is 1. The summed E-state index contributed by atoms with van der Waals surface area (Å²) in [5.41, 5.74) is -1.09. The molecule has 0 saturated carbocycles. The highest BCUT2D eigenvalue weighted by Gasteiger charge is 2.32. The first-order chi connectivity index (χ1) is 13.5. The van der Waals surface area contributed by atoms with E-state index in [0.29, 0.717) is 32.0 Å². The molecule has 1 saturated heterocycles. The standard InChI is InChI=1S/C18H24F3N3O4S/c1-2-8-22-17(26)13-5-4-9-24(12-13)16(25)11-23-29(27,28)15-7-3-6-14(10-15)18(19,20)21/h3,6-7,10,13,23H,2,4-5,8-9,11-12H2,1H3,(H,22,26). The number of likely N-dealkylation sites (tertiary alicyclic amines) is 1. The van der Waals surface area contributed by atoms with Crippen LogP contribution < -0.4 is 10.0 Å². The third kappa shape index (κ3) is 6.43. The summed E-state index contributed by atoms with van der Waals surface area (Å²) in [6.45, 7) is 2.44. The second kappa shape index (κ2) is 9.57. The van der Waals surface area contributed by atoms with Crippen molar-refractivity contribution in [2.75, 3.05) is 26.2 Å². The minimum atomic E-state index is -4.68. The Morgan fingerprint density at radius 2 is 2.00 bits per heavy atom. The second-order valence-electron chi connectivity index (χ2n) is 6.82. The third-order valence-electron chi connectivity index (χ3n) is 4.58. The summed E-state index contributed by atoms with van der Waals surface area (Å²) in [5.74, 6) is -1.04. The quantitative estimate of drug-likeness (QED) is 0.682. The van der Waals surface area contributed by atoms with E-state index in [0.717, 1.165) is 24.6 Å². The van der Waals surface area contributed by atoms with Gasteiger partial charge in [-0.2, -0.15) is 13.2 Å². The van der Waals surface area contributed by atoms with Crippen molar-refractivity contribution in [2.24, 2.45) is 5.92 Å². The molecule has 1 heterocycles. The van der Waals surface area contributed by atoms with Crippen molar-refractivity contribution in [3.8, 4) is 0 Å². The number of amides is 2. The number of benzene rings is 1. The van der Waals surface area contributed by atoms with Crippen molar-refractivity contribution >= 4 is 21.8 Å². The molecule has 0 spiro atoms. The molecule has 2 amide bonds. The van der Waals surface area contributed by atoms with Gasteiger partial charge in [-0.25, -0.2) is 13.1 Å². The Hall–Kier alpha value is -2.14. The van der Waals surface area contributed by atoms with Gasteiger partial charge in [-0.05, 0) is 37.5 Å². The van der Waals surface area contributed by atoms with Crippen LogP contribution in [-0.2, 0) is 25.8 Å². The van der Waals surface area contributed by atoms with Crippen LogP contribution in [0.2, 0.25) is 0 Å². The van der Waals surface area contributed by atoms with E-state index in [2.05, 4.69) is 5.32 Å². The smallest absolute Gasteiger partial charge is 0.356 e. The van der Waals surface area contributed by atoms with E-state index < -0.39 is 39.1 Å². The zero-order valence-corrected chi connectivity index (χ0v) is 16.8. The van der Waals surface area contributed by atoms with Gasteiger partial charge in [0, 0.05) is 19.6 Å². The van der Waals surface area contributed by atoms with Gasteiger partial charge in [0.25, 0.3) is 0 Å². The fourth-order valence-corrected chi connectivity index (χ4v) is 4.02. The van der Waals surface area contributed by atoms with E-state index in [1.807, 2.05) is 11.6 Å². The van der Waals surface area contributed by atoms with Crippen LogP contribution >= 0.6 is 0 Å². The average Bonchev–Trinajstić information content (AvgIpc) is 2.69. The zero-order valence-electron chi connectivity index (χ0n) is 16.0. The van der Waals surface area contributed by atoms with Gasteiger partial charge >= 0.3 is 6.18 Å². The van der Waals surface area contributed by atoms with Crippen LogP contribution in [0, 0.1) is 5.92 Å². The Labute approximate surface area is 167 Å². The monoisotopic (exact) mass is 435 g/mol. The summed E-state index contributed by atoms with van der Waals surface area (Å²) in [7, 11) is -4.30. The predicted octanol–water partition coefficient (Wildman–Crippen LogP) is 1.75. The topological polar surface area (TPSA) is 95.6 Å². The van der Waals surface area contributed by atoms with E-state index in [1.165, 1.54) is 4.90 Å². The summed E-state index contributed by atoms with van der Waals surface area (Å²) in [4.78, 5) is 25.3. The lowest BCUT2D eigenvalue weighted by Gasteiger charge is -2.32. The van der Waals surface area contributed by atoms with Gasteiger partial charge < -0.3 is 10.2 Å². The number of hydrogen-bond acceptors (Lipinski definition) is 4. The molecule has 0 radical (unpaired) electrons. The van der Waals surface area contributed by atoms with Crippen LogP contribution in [0.15, 0.2) is 29.2 Å². The number of sulfonamides is 1. The first kappa shape index (κ1) is 23.1. The van der Waals surface area contributed by atoms with Crippen LogP contribution in [-0.4, -0.2) is 51.3 Å². The Morgan fingerprint density at radius 3 is 2.66 bits per heavy atom. The maximum atomic E-state index is 12.8. The number of alkyl halides is 3. The summed E-state index contributed by atoms with van der Waals surface area (Å²) in [5, 5.41) is 2.78.